The van der Waals surface area contributed by atoms with E-state index < -0.39 is 6.85 Å². The van der Waals surface area contributed by atoms with Crippen molar-refractivity contribution in [2.75, 3.05) is 0 Å². The molecule has 0 aliphatic heterocycles. The lowest BCUT2D eigenvalue weighted by Crippen LogP contribution is -2.37. The Bertz CT molecular complexity index is 1250. The van der Waals surface area contributed by atoms with Crippen molar-refractivity contribution in [2.24, 2.45) is 7.05 Å². The number of fused-ring (bicyclic) bond motifs is 3. The van der Waals surface area contributed by atoms with E-state index in [4.69, 9.17) is 4.11 Å². The van der Waals surface area contributed by atoms with E-state index in [9.17, 15) is 0 Å². The molecule has 0 saturated heterocycles. The third-order valence-electron chi connectivity index (χ3n) is 5.47. The Kier molecular flexibility index (Phi) is 3.12. The monoisotopic (exact) mass is 346 g/mol. The fourth-order valence-corrected chi connectivity index (χ4v) is 4.42. The molecule has 2 nitrogen and oxygen atoms in total. The molecule has 2 aromatic carbocycles. The first-order chi connectivity index (χ1) is 13.6. The van der Waals surface area contributed by atoms with E-state index in [-0.39, 0.29) is 0 Å². The van der Waals surface area contributed by atoms with Crippen molar-refractivity contribution in [2.45, 2.75) is 40.5 Å². The van der Waals surface area contributed by atoms with Gasteiger partial charge in [0, 0.05) is 26.5 Å². The van der Waals surface area contributed by atoms with Crippen LogP contribution in [0.15, 0.2) is 48.5 Å². The van der Waals surface area contributed by atoms with Crippen molar-refractivity contribution in [3.8, 4) is 5.82 Å². The molecule has 0 aliphatic carbocycles. The highest BCUT2D eigenvalue weighted by molar-refractivity contribution is 6.10. The summed E-state index contributed by atoms with van der Waals surface area (Å²) in [6.45, 7) is 6.65. The van der Waals surface area contributed by atoms with Gasteiger partial charge in [-0.05, 0) is 62.0 Å². The second kappa shape index (κ2) is 5.98. The predicted molar refractivity (Wildman–Crippen MR) is 110 cm³/mol. The number of hydrogen-bond donors (Lipinski definition) is 0. The van der Waals surface area contributed by atoms with Gasteiger partial charge >= 0.3 is 0 Å². The van der Waals surface area contributed by atoms with E-state index in [2.05, 4.69) is 56.5 Å². The molecular formula is C24H27N2+. The summed E-state index contributed by atoms with van der Waals surface area (Å²) >= 11 is 0. The van der Waals surface area contributed by atoms with Crippen molar-refractivity contribution in [3.63, 3.8) is 0 Å². The van der Waals surface area contributed by atoms with Crippen LogP contribution in [0.4, 0.5) is 0 Å². The Morgan fingerprint density at radius 2 is 1.77 bits per heavy atom. The van der Waals surface area contributed by atoms with Crippen molar-refractivity contribution in [1.82, 2.24) is 4.57 Å². The van der Waals surface area contributed by atoms with Crippen molar-refractivity contribution >= 4 is 21.8 Å². The van der Waals surface area contributed by atoms with Crippen LogP contribution in [0.3, 0.4) is 0 Å². The lowest BCUT2D eigenvalue weighted by Gasteiger charge is -2.15. The van der Waals surface area contributed by atoms with Gasteiger partial charge in [0.2, 0.25) is 0 Å². The molecule has 0 bridgehead atoms. The third-order valence-corrected chi connectivity index (χ3v) is 5.47. The number of benzene rings is 2. The maximum absolute atomic E-state index is 7.93. The zero-order chi connectivity index (χ0) is 21.1. The molecule has 0 N–H and O–H groups in total. The van der Waals surface area contributed by atoms with Crippen LogP contribution in [-0.2, 0) is 7.05 Å². The van der Waals surface area contributed by atoms with Crippen LogP contribution in [0, 0.1) is 20.7 Å². The van der Waals surface area contributed by atoms with Gasteiger partial charge in [-0.25, -0.2) is 4.57 Å². The van der Waals surface area contributed by atoms with Crippen LogP contribution in [0.5, 0.6) is 0 Å². The smallest absolute Gasteiger partial charge is 0.234 e. The van der Waals surface area contributed by atoms with Gasteiger partial charge in [-0.3, -0.25) is 0 Å². The van der Waals surface area contributed by atoms with Gasteiger partial charge in [0.25, 0.3) is 5.82 Å². The Hall–Kier alpha value is -2.61. The second-order valence-electron chi connectivity index (χ2n) is 7.46. The van der Waals surface area contributed by atoms with Crippen LogP contribution in [0.1, 0.15) is 46.3 Å². The second-order valence-corrected chi connectivity index (χ2v) is 7.46. The molecule has 0 radical (unpaired) electrons. The summed E-state index contributed by atoms with van der Waals surface area (Å²) < 4.78 is 27.8. The number of hydrogen-bond acceptors (Lipinski definition) is 0. The number of rotatable bonds is 2. The molecular weight excluding hydrogens is 316 g/mol. The molecule has 4 rings (SSSR count). The number of nitrogens with zero attached hydrogens (tertiary/aromatic N) is 2. The van der Waals surface area contributed by atoms with Crippen LogP contribution in [0.25, 0.3) is 27.6 Å². The van der Waals surface area contributed by atoms with Gasteiger partial charge in [0.1, 0.15) is 16.7 Å². The lowest BCUT2D eigenvalue weighted by atomic mass is 9.91. The standard InChI is InChI=1S/C24H27N2/c1-15(2)23-16(3)14-20-19-11-7-8-12-21(19)26(24(20)18(23)5)22-13-9-10-17(4)25(22)6/h7-15H,1-6H3/q+1/i4D3. The maximum atomic E-state index is 7.93. The Morgan fingerprint density at radius 3 is 2.50 bits per heavy atom. The number of para-hydroxylation sites is 1. The fraction of sp³-hybridized carbons (Fsp3) is 0.292. The van der Waals surface area contributed by atoms with Crippen molar-refractivity contribution < 1.29 is 8.68 Å². The largest absolute Gasteiger partial charge is 0.286 e. The average Bonchev–Trinajstić information content (AvgIpc) is 2.95. The van der Waals surface area contributed by atoms with Crippen molar-refractivity contribution in [1.29, 1.82) is 0 Å². The minimum absolute atomic E-state index is 0.328. The summed E-state index contributed by atoms with van der Waals surface area (Å²) in [5.41, 5.74) is 6.48. The first-order valence-electron chi connectivity index (χ1n) is 10.7. The zero-order valence-corrected chi connectivity index (χ0v) is 16.1. The highest BCUT2D eigenvalue weighted by Gasteiger charge is 2.25. The molecule has 4 aromatic rings. The summed E-state index contributed by atoms with van der Waals surface area (Å²) in [5.74, 6) is 1.26. The van der Waals surface area contributed by atoms with Crippen LogP contribution in [-0.4, -0.2) is 4.57 Å². The molecule has 2 aromatic heterocycles. The van der Waals surface area contributed by atoms with E-state index >= 15 is 0 Å². The highest BCUT2D eigenvalue weighted by Crippen LogP contribution is 2.37. The molecule has 26 heavy (non-hydrogen) atoms. The van der Waals surface area contributed by atoms with Gasteiger partial charge in [-0.1, -0.05) is 32.0 Å². The normalized spacial score (nSPS) is 14.0. The van der Waals surface area contributed by atoms with Crippen LogP contribution < -0.4 is 4.57 Å². The number of pyridine rings is 1. The van der Waals surface area contributed by atoms with Gasteiger partial charge in [-0.2, -0.15) is 4.57 Å². The first kappa shape index (κ1) is 13.6. The molecule has 0 fully saturated rings. The van der Waals surface area contributed by atoms with E-state index in [0.29, 0.717) is 11.6 Å². The number of aryl methyl sites for hydroxylation is 3. The topological polar surface area (TPSA) is 8.81 Å². The van der Waals surface area contributed by atoms with Gasteiger partial charge in [0.05, 0.1) is 7.05 Å². The van der Waals surface area contributed by atoms with E-state index in [1.54, 1.807) is 10.6 Å². The minimum Gasteiger partial charge on any atom is -0.234 e. The van der Waals surface area contributed by atoms with Crippen LogP contribution in [0.2, 0.25) is 0 Å². The zero-order valence-electron chi connectivity index (χ0n) is 19.1. The summed E-state index contributed by atoms with van der Waals surface area (Å²) in [4.78, 5) is 0. The molecule has 0 atom stereocenters. The summed E-state index contributed by atoms with van der Waals surface area (Å²) in [7, 11) is 1.84. The van der Waals surface area contributed by atoms with E-state index in [0.717, 1.165) is 16.9 Å². The lowest BCUT2D eigenvalue weighted by molar-refractivity contribution is -0.671. The molecule has 0 saturated carbocycles. The van der Waals surface area contributed by atoms with Gasteiger partial charge in [-0.15, -0.1) is 0 Å². The highest BCUT2D eigenvalue weighted by atomic mass is 15.1. The molecule has 2 heteroatoms. The molecule has 0 aliphatic rings. The fourth-order valence-electron chi connectivity index (χ4n) is 4.42. The number of aromatic nitrogens is 2. The van der Waals surface area contributed by atoms with Gasteiger partial charge in [0.15, 0.2) is 0 Å². The van der Waals surface area contributed by atoms with Crippen molar-refractivity contribution in [3.05, 3.63) is 70.9 Å². The third kappa shape index (κ3) is 2.28. The van der Waals surface area contributed by atoms with Crippen LogP contribution >= 0.6 is 0 Å². The predicted octanol–water partition coefficient (Wildman–Crippen LogP) is 5.66. The summed E-state index contributed by atoms with van der Waals surface area (Å²) in [6.07, 6.45) is 0. The quantitative estimate of drug-likeness (QED) is 0.414. The molecule has 0 spiro atoms. The average molecular weight is 347 g/mol. The molecule has 2 heterocycles. The molecule has 0 amide bonds. The van der Waals surface area contributed by atoms with E-state index in [1.807, 2.05) is 25.2 Å². The first-order valence-corrected chi connectivity index (χ1v) is 9.16. The Morgan fingerprint density at radius 1 is 1.00 bits per heavy atom. The van der Waals surface area contributed by atoms with Gasteiger partial charge < -0.3 is 0 Å². The Balaban J connectivity index is 2.22. The summed E-state index contributed by atoms with van der Waals surface area (Å²) in [5, 5.41) is 2.39. The maximum Gasteiger partial charge on any atom is 0.286 e. The SMILES string of the molecule is [2H]C([2H])([2H])c1cccc(-n2c3ccccc3c3cc(C)c(C(C)C)c(C)c32)[n+]1C. The minimum atomic E-state index is -2.17. The Labute approximate surface area is 159 Å². The summed E-state index contributed by atoms with van der Waals surface area (Å²) in [6, 6.07) is 16.2. The van der Waals surface area contributed by atoms with E-state index in [1.165, 1.54) is 27.5 Å². The molecule has 0 unspecified atom stereocenters. The molecule has 132 valence electrons.